The Morgan fingerprint density at radius 1 is 1.04 bits per heavy atom. The van der Waals surface area contributed by atoms with Crippen LogP contribution in [-0.4, -0.2) is 34.5 Å². The van der Waals surface area contributed by atoms with E-state index < -0.39 is 0 Å². The van der Waals surface area contributed by atoms with Gasteiger partial charge in [-0.1, -0.05) is 18.2 Å². The highest BCUT2D eigenvalue weighted by atomic mass is 15.2. The maximum atomic E-state index is 4.92. The third-order valence-corrected chi connectivity index (χ3v) is 4.75. The number of para-hydroxylation sites is 1. The molecule has 0 fully saturated rings. The molecular weight excluding hydrogens is 352 g/mol. The van der Waals surface area contributed by atoms with Gasteiger partial charge in [-0.2, -0.15) is 0 Å². The van der Waals surface area contributed by atoms with E-state index in [4.69, 9.17) is 4.98 Å². The van der Waals surface area contributed by atoms with Crippen LogP contribution in [0.5, 0.6) is 0 Å². The van der Waals surface area contributed by atoms with Crippen LogP contribution in [0.1, 0.15) is 24.4 Å². The molecule has 5 aromatic rings. The van der Waals surface area contributed by atoms with Gasteiger partial charge in [0, 0.05) is 11.9 Å². The lowest BCUT2D eigenvalue weighted by Gasteiger charge is -2.16. The number of benzene rings is 1. The van der Waals surface area contributed by atoms with E-state index in [1.54, 1.807) is 6.33 Å². The summed E-state index contributed by atoms with van der Waals surface area (Å²) < 4.78 is 2.09. The first-order valence-corrected chi connectivity index (χ1v) is 9.02. The molecule has 0 aliphatic rings. The van der Waals surface area contributed by atoms with Crippen molar-refractivity contribution in [2.45, 2.75) is 19.9 Å². The number of nitrogens with zero attached hydrogens (tertiary/aromatic N) is 6. The molecule has 5 rings (SSSR count). The van der Waals surface area contributed by atoms with Crippen LogP contribution in [0.2, 0.25) is 0 Å². The van der Waals surface area contributed by atoms with Gasteiger partial charge in [0.15, 0.2) is 17.1 Å². The fourth-order valence-corrected chi connectivity index (χ4v) is 3.38. The van der Waals surface area contributed by atoms with Crippen molar-refractivity contribution < 1.29 is 0 Å². The van der Waals surface area contributed by atoms with Crippen LogP contribution in [0.15, 0.2) is 55.2 Å². The number of H-pyrrole nitrogens is 1. The predicted molar refractivity (Wildman–Crippen MR) is 107 cm³/mol. The van der Waals surface area contributed by atoms with Crippen molar-refractivity contribution in [1.82, 2.24) is 34.5 Å². The minimum Gasteiger partial charge on any atom is -0.358 e. The molecular formula is C20H18N8. The van der Waals surface area contributed by atoms with Crippen LogP contribution < -0.4 is 5.32 Å². The number of rotatable bonds is 4. The molecule has 1 atom stereocenters. The van der Waals surface area contributed by atoms with E-state index in [-0.39, 0.29) is 6.04 Å². The van der Waals surface area contributed by atoms with Gasteiger partial charge >= 0.3 is 0 Å². The first kappa shape index (κ1) is 16.4. The summed E-state index contributed by atoms with van der Waals surface area (Å²) in [5.74, 6) is 1.54. The number of fused-ring (bicyclic) bond motifs is 2. The summed E-state index contributed by atoms with van der Waals surface area (Å²) in [7, 11) is 0. The van der Waals surface area contributed by atoms with Gasteiger partial charge in [0.05, 0.1) is 12.4 Å². The number of pyridine rings is 1. The van der Waals surface area contributed by atoms with E-state index in [1.807, 2.05) is 37.4 Å². The zero-order chi connectivity index (χ0) is 19.1. The van der Waals surface area contributed by atoms with Crippen LogP contribution in [0.25, 0.3) is 28.0 Å². The Hall–Kier alpha value is -3.81. The summed E-state index contributed by atoms with van der Waals surface area (Å²) in [6.45, 7) is 4.10. The third-order valence-electron chi connectivity index (χ3n) is 4.75. The minimum atomic E-state index is -0.129. The molecule has 0 radical (unpaired) electrons. The van der Waals surface area contributed by atoms with Gasteiger partial charge in [-0.3, -0.25) is 4.57 Å². The normalized spacial score (nSPS) is 12.5. The fraction of sp³-hybridized carbons (Fsp3) is 0.150. The minimum absolute atomic E-state index is 0.129. The van der Waals surface area contributed by atoms with Crippen LogP contribution in [0.3, 0.4) is 0 Å². The molecule has 8 heteroatoms. The summed E-state index contributed by atoms with van der Waals surface area (Å²) >= 11 is 0. The Morgan fingerprint density at radius 3 is 2.75 bits per heavy atom. The molecule has 0 aliphatic carbocycles. The highest BCUT2D eigenvalue weighted by molar-refractivity contribution is 5.82. The Kier molecular flexibility index (Phi) is 3.75. The zero-order valence-electron chi connectivity index (χ0n) is 15.5. The SMILES string of the molecule is Cc1ccnc2c1nc([C@H](C)Nc1ncnc3nc[nH]c13)n2-c1ccccc1. The zero-order valence-corrected chi connectivity index (χ0v) is 15.5. The van der Waals surface area contributed by atoms with Crippen molar-refractivity contribution in [1.29, 1.82) is 0 Å². The van der Waals surface area contributed by atoms with Gasteiger partial charge in [0.2, 0.25) is 0 Å². The molecule has 1 aromatic carbocycles. The summed E-state index contributed by atoms with van der Waals surface area (Å²) in [6.07, 6.45) is 4.94. The lowest BCUT2D eigenvalue weighted by atomic mass is 10.2. The van der Waals surface area contributed by atoms with Crippen LogP contribution in [0.4, 0.5) is 5.82 Å². The van der Waals surface area contributed by atoms with E-state index in [1.165, 1.54) is 6.33 Å². The number of hydrogen-bond donors (Lipinski definition) is 2. The number of anilines is 1. The second kappa shape index (κ2) is 6.41. The molecule has 0 bridgehead atoms. The third kappa shape index (κ3) is 2.58. The largest absolute Gasteiger partial charge is 0.358 e. The monoisotopic (exact) mass is 370 g/mol. The molecule has 8 nitrogen and oxygen atoms in total. The second-order valence-corrected chi connectivity index (χ2v) is 6.63. The number of hydrogen-bond acceptors (Lipinski definition) is 6. The lowest BCUT2D eigenvalue weighted by molar-refractivity contribution is 0.767. The van der Waals surface area contributed by atoms with Gasteiger partial charge in [-0.05, 0) is 37.6 Å². The topological polar surface area (TPSA) is 97.2 Å². The first-order valence-electron chi connectivity index (χ1n) is 9.02. The molecule has 4 aromatic heterocycles. The van der Waals surface area contributed by atoms with Crippen LogP contribution in [-0.2, 0) is 0 Å². The number of aromatic nitrogens is 7. The van der Waals surface area contributed by atoms with Crippen LogP contribution >= 0.6 is 0 Å². The molecule has 138 valence electrons. The van der Waals surface area contributed by atoms with Gasteiger partial charge in [0.1, 0.15) is 23.2 Å². The molecule has 0 aliphatic heterocycles. The average molecular weight is 370 g/mol. The summed E-state index contributed by atoms with van der Waals surface area (Å²) in [4.78, 5) is 25.3. The van der Waals surface area contributed by atoms with Crippen molar-refractivity contribution >= 4 is 28.1 Å². The smallest absolute Gasteiger partial charge is 0.182 e. The highest BCUT2D eigenvalue weighted by Crippen LogP contribution is 2.28. The Labute approximate surface area is 160 Å². The van der Waals surface area contributed by atoms with Gasteiger partial charge in [0.25, 0.3) is 0 Å². The van der Waals surface area contributed by atoms with Gasteiger partial charge < -0.3 is 10.3 Å². The standard InChI is InChI=1S/C20H18N8/c1-12-8-9-21-20-15(12)27-19(28(20)14-6-4-3-5-7-14)13(2)26-18-16-17(23-10-22-16)24-11-25-18/h3-11,13H,1-2H3,(H2,22,23,24,25,26)/t13-/m0/s1. The molecule has 0 saturated heterocycles. The number of nitrogens with one attached hydrogen (secondary N) is 2. The predicted octanol–water partition coefficient (Wildman–Crippen LogP) is 3.57. The number of aryl methyl sites for hydroxylation is 1. The highest BCUT2D eigenvalue weighted by Gasteiger charge is 2.21. The van der Waals surface area contributed by atoms with E-state index in [0.717, 1.165) is 33.8 Å². The molecule has 0 spiro atoms. The van der Waals surface area contributed by atoms with E-state index in [9.17, 15) is 0 Å². The lowest BCUT2D eigenvalue weighted by Crippen LogP contribution is -2.14. The number of aromatic amines is 1. The Balaban J connectivity index is 1.66. The first-order chi connectivity index (χ1) is 13.7. The van der Waals surface area contributed by atoms with Crippen molar-refractivity contribution in [3.05, 3.63) is 66.6 Å². The van der Waals surface area contributed by atoms with Gasteiger partial charge in [-0.25, -0.2) is 24.9 Å². The fourth-order valence-electron chi connectivity index (χ4n) is 3.38. The molecule has 4 heterocycles. The van der Waals surface area contributed by atoms with E-state index in [0.29, 0.717) is 11.5 Å². The number of imidazole rings is 2. The Bertz CT molecular complexity index is 1270. The van der Waals surface area contributed by atoms with Crippen molar-refractivity contribution in [2.75, 3.05) is 5.32 Å². The van der Waals surface area contributed by atoms with Crippen molar-refractivity contribution in [3.63, 3.8) is 0 Å². The summed E-state index contributed by atoms with van der Waals surface area (Å²) in [6, 6.07) is 12.0. The van der Waals surface area contributed by atoms with E-state index >= 15 is 0 Å². The van der Waals surface area contributed by atoms with Crippen molar-refractivity contribution in [2.24, 2.45) is 0 Å². The van der Waals surface area contributed by atoms with Crippen molar-refractivity contribution in [3.8, 4) is 5.69 Å². The van der Waals surface area contributed by atoms with Crippen LogP contribution in [0, 0.1) is 6.92 Å². The maximum absolute atomic E-state index is 4.92. The molecule has 0 amide bonds. The molecule has 2 N–H and O–H groups in total. The maximum Gasteiger partial charge on any atom is 0.182 e. The Morgan fingerprint density at radius 2 is 1.89 bits per heavy atom. The summed E-state index contributed by atoms with van der Waals surface area (Å²) in [5.41, 5.74) is 5.23. The molecule has 0 unspecified atom stereocenters. The molecule has 28 heavy (non-hydrogen) atoms. The molecule has 0 saturated carbocycles. The van der Waals surface area contributed by atoms with Gasteiger partial charge in [-0.15, -0.1) is 0 Å². The second-order valence-electron chi connectivity index (χ2n) is 6.63. The summed E-state index contributed by atoms with van der Waals surface area (Å²) in [5, 5.41) is 3.44. The van der Waals surface area contributed by atoms with E-state index in [2.05, 4.69) is 53.9 Å². The quantitative estimate of drug-likeness (QED) is 0.502. The average Bonchev–Trinajstić information content (AvgIpc) is 3.34.